The highest BCUT2D eigenvalue weighted by atomic mass is 32.1. The van der Waals surface area contributed by atoms with Crippen molar-refractivity contribution < 1.29 is 0 Å². The largest absolute Gasteiger partial charge is 0.276 e. The first-order valence-corrected chi connectivity index (χ1v) is 4.48. The molecule has 0 aliphatic carbocycles. The molecule has 1 N–H and O–H groups in total. The number of benzene rings is 1. The Hall–Kier alpha value is -1.42. The van der Waals surface area contributed by atoms with E-state index < -0.39 is 0 Å². The van der Waals surface area contributed by atoms with E-state index in [9.17, 15) is 0 Å². The van der Waals surface area contributed by atoms with Gasteiger partial charge in [-0.15, -0.1) is 11.3 Å². The number of nitrogens with one attached hydrogen (secondary N) is 1. The lowest BCUT2D eigenvalue weighted by atomic mass is 10.2. The molecule has 0 unspecified atom stereocenters. The van der Waals surface area contributed by atoms with E-state index in [2.05, 4.69) is 27.3 Å². The number of hydrogen-bond acceptors (Lipinski definition) is 3. The summed E-state index contributed by atoms with van der Waals surface area (Å²) in [5.41, 5.74) is 3.91. The van der Waals surface area contributed by atoms with Crippen molar-refractivity contribution >= 4 is 32.5 Å². The second-order valence-electron chi connectivity index (χ2n) is 2.60. The highest BCUT2D eigenvalue weighted by Crippen LogP contribution is 2.24. The third-order valence-corrected chi connectivity index (χ3v) is 2.71. The van der Waals surface area contributed by atoms with Gasteiger partial charge in [0.05, 0.1) is 21.9 Å². The van der Waals surface area contributed by atoms with Crippen LogP contribution >= 0.6 is 11.3 Å². The van der Waals surface area contributed by atoms with Gasteiger partial charge in [-0.05, 0) is 12.1 Å². The van der Waals surface area contributed by atoms with Crippen molar-refractivity contribution in [3.63, 3.8) is 0 Å². The van der Waals surface area contributed by atoms with E-state index in [1.807, 2.05) is 11.7 Å². The first-order valence-electron chi connectivity index (χ1n) is 3.60. The van der Waals surface area contributed by atoms with E-state index in [-0.39, 0.29) is 0 Å². The number of rotatable bonds is 0. The van der Waals surface area contributed by atoms with Crippen LogP contribution in [0.3, 0.4) is 0 Å². The number of thiazole rings is 1. The maximum atomic E-state index is 4.27. The zero-order valence-corrected chi connectivity index (χ0v) is 6.93. The average molecular weight is 175 g/mol. The van der Waals surface area contributed by atoms with Crippen molar-refractivity contribution in [3.05, 3.63) is 23.8 Å². The van der Waals surface area contributed by atoms with Gasteiger partial charge in [0, 0.05) is 5.39 Å². The number of aromatic amines is 1. The van der Waals surface area contributed by atoms with Gasteiger partial charge in [0.2, 0.25) is 0 Å². The van der Waals surface area contributed by atoms with Crippen LogP contribution in [0.25, 0.3) is 21.1 Å². The fraction of sp³-hybridized carbons (Fsp3) is 0. The molecule has 0 fully saturated rings. The molecule has 0 saturated heterocycles. The molecule has 0 spiro atoms. The molecule has 3 aromatic rings. The Kier molecular flexibility index (Phi) is 1.04. The topological polar surface area (TPSA) is 41.6 Å². The molecule has 0 saturated carbocycles. The van der Waals surface area contributed by atoms with E-state index >= 15 is 0 Å². The fourth-order valence-corrected chi connectivity index (χ4v) is 2.02. The Labute approximate surface area is 72.1 Å². The minimum atomic E-state index is 1.02. The first kappa shape index (κ1) is 6.14. The smallest absolute Gasteiger partial charge is 0.107 e. The van der Waals surface area contributed by atoms with Crippen molar-refractivity contribution in [1.29, 1.82) is 0 Å². The summed E-state index contributed by atoms with van der Waals surface area (Å²) in [5.74, 6) is 0. The predicted octanol–water partition coefficient (Wildman–Crippen LogP) is 2.17. The van der Waals surface area contributed by atoms with E-state index in [4.69, 9.17) is 0 Å². The summed E-state index contributed by atoms with van der Waals surface area (Å²) in [5, 5.41) is 8.03. The number of H-pyrrole nitrogens is 1. The monoisotopic (exact) mass is 175 g/mol. The van der Waals surface area contributed by atoms with Crippen molar-refractivity contribution in [2.45, 2.75) is 0 Å². The van der Waals surface area contributed by atoms with Gasteiger partial charge in [-0.1, -0.05) is 0 Å². The second kappa shape index (κ2) is 2.04. The van der Waals surface area contributed by atoms with Gasteiger partial charge in [0.1, 0.15) is 5.52 Å². The van der Waals surface area contributed by atoms with Gasteiger partial charge in [-0.3, -0.25) is 5.10 Å². The number of fused-ring (bicyclic) bond motifs is 3. The van der Waals surface area contributed by atoms with Crippen molar-refractivity contribution in [1.82, 2.24) is 15.2 Å². The highest BCUT2D eigenvalue weighted by molar-refractivity contribution is 7.16. The van der Waals surface area contributed by atoms with Gasteiger partial charge in [-0.25, -0.2) is 4.98 Å². The van der Waals surface area contributed by atoms with E-state index in [1.165, 1.54) is 4.70 Å². The Morgan fingerprint density at radius 2 is 2.33 bits per heavy atom. The molecule has 0 radical (unpaired) electrons. The van der Waals surface area contributed by atoms with Crippen LogP contribution in [0.5, 0.6) is 0 Å². The molecular formula is C8H5N3S. The highest BCUT2D eigenvalue weighted by Gasteiger charge is 2.02. The lowest BCUT2D eigenvalue weighted by Crippen LogP contribution is -1.71. The zero-order chi connectivity index (χ0) is 7.97. The molecule has 3 nitrogen and oxygen atoms in total. The van der Waals surface area contributed by atoms with Gasteiger partial charge in [0.25, 0.3) is 0 Å². The Bertz CT molecular complexity index is 487. The van der Waals surface area contributed by atoms with Crippen LogP contribution in [0.15, 0.2) is 23.8 Å². The lowest BCUT2D eigenvalue weighted by Gasteiger charge is -1.88. The molecule has 0 atom stereocenters. The number of hydrogen-bond donors (Lipinski definition) is 1. The van der Waals surface area contributed by atoms with Crippen molar-refractivity contribution in [2.24, 2.45) is 0 Å². The maximum Gasteiger partial charge on any atom is 0.107 e. The van der Waals surface area contributed by atoms with Gasteiger partial charge in [-0.2, -0.15) is 5.10 Å². The summed E-state index contributed by atoms with van der Waals surface area (Å²) in [7, 11) is 0. The van der Waals surface area contributed by atoms with Crippen LogP contribution in [-0.2, 0) is 0 Å². The van der Waals surface area contributed by atoms with Gasteiger partial charge in [0.15, 0.2) is 0 Å². The lowest BCUT2D eigenvalue weighted by molar-refractivity contribution is 1.12. The second-order valence-corrected chi connectivity index (χ2v) is 3.49. The summed E-state index contributed by atoms with van der Waals surface area (Å²) >= 11 is 1.65. The van der Waals surface area contributed by atoms with Crippen molar-refractivity contribution in [2.75, 3.05) is 0 Å². The van der Waals surface area contributed by atoms with E-state index in [0.29, 0.717) is 0 Å². The summed E-state index contributed by atoms with van der Waals surface area (Å²) in [6, 6.07) is 4.13. The molecule has 0 bridgehead atoms. The molecule has 12 heavy (non-hydrogen) atoms. The predicted molar refractivity (Wildman–Crippen MR) is 49.3 cm³/mol. The standard InChI is InChI=1S/C8H5N3S/c1-2-6-8(9-4-12-6)7-5(1)3-10-11-7/h1-4H,(H,10,11). The Morgan fingerprint density at radius 3 is 3.33 bits per heavy atom. The molecule has 1 aromatic carbocycles. The number of aromatic nitrogens is 3. The van der Waals surface area contributed by atoms with Gasteiger partial charge >= 0.3 is 0 Å². The third kappa shape index (κ3) is 0.648. The molecule has 58 valence electrons. The summed E-state index contributed by atoms with van der Waals surface area (Å²) in [6.45, 7) is 0. The summed E-state index contributed by atoms with van der Waals surface area (Å²) < 4.78 is 1.20. The molecule has 4 heteroatoms. The molecule has 0 amide bonds. The summed E-state index contributed by atoms with van der Waals surface area (Å²) in [6.07, 6.45) is 1.81. The Balaban J connectivity index is 2.71. The Morgan fingerprint density at radius 1 is 1.33 bits per heavy atom. The van der Waals surface area contributed by atoms with Crippen LogP contribution in [0.4, 0.5) is 0 Å². The minimum Gasteiger partial charge on any atom is -0.276 e. The zero-order valence-electron chi connectivity index (χ0n) is 6.11. The van der Waals surface area contributed by atoms with Gasteiger partial charge < -0.3 is 0 Å². The average Bonchev–Trinajstić information content (AvgIpc) is 2.71. The first-order chi connectivity index (χ1) is 5.95. The van der Waals surface area contributed by atoms with Crippen molar-refractivity contribution in [3.8, 4) is 0 Å². The molecule has 3 rings (SSSR count). The van der Waals surface area contributed by atoms with Crippen LogP contribution in [0.2, 0.25) is 0 Å². The summed E-state index contributed by atoms with van der Waals surface area (Å²) in [4.78, 5) is 4.27. The maximum absolute atomic E-state index is 4.27. The molecular weight excluding hydrogens is 170 g/mol. The minimum absolute atomic E-state index is 1.02. The fourth-order valence-electron chi connectivity index (χ4n) is 1.34. The molecule has 2 aromatic heterocycles. The number of nitrogens with zero attached hydrogens (tertiary/aromatic N) is 2. The van der Waals surface area contributed by atoms with Crippen LogP contribution in [0, 0.1) is 0 Å². The van der Waals surface area contributed by atoms with E-state index in [1.54, 1.807) is 11.3 Å². The SMILES string of the molecule is c1nc2c(ccc3cn[nH]c32)s1. The molecule has 2 heterocycles. The molecule has 0 aliphatic heterocycles. The normalized spacial score (nSPS) is 11.3. The quantitative estimate of drug-likeness (QED) is 0.569. The van der Waals surface area contributed by atoms with Crippen LogP contribution in [-0.4, -0.2) is 15.2 Å². The van der Waals surface area contributed by atoms with E-state index in [0.717, 1.165) is 16.4 Å². The van der Waals surface area contributed by atoms with Crippen LogP contribution < -0.4 is 0 Å². The third-order valence-electron chi connectivity index (χ3n) is 1.91. The molecule has 0 aliphatic rings. The van der Waals surface area contributed by atoms with Crippen LogP contribution in [0.1, 0.15) is 0 Å².